The van der Waals surface area contributed by atoms with E-state index < -0.39 is 0 Å². The van der Waals surface area contributed by atoms with Crippen LogP contribution in [0.25, 0.3) is 61.0 Å². The summed E-state index contributed by atoms with van der Waals surface area (Å²) in [4.78, 5) is 12.2. The Labute approximate surface area is 356 Å². The zero-order valence-electron chi connectivity index (χ0n) is 34.2. The van der Waals surface area contributed by atoms with E-state index in [1.807, 2.05) is 6.20 Å². The Balaban J connectivity index is 1.19. The maximum absolute atomic E-state index is 5.06. The summed E-state index contributed by atoms with van der Waals surface area (Å²) in [7, 11) is 2.16. The van der Waals surface area contributed by atoms with Crippen molar-refractivity contribution in [3.05, 3.63) is 218 Å². The fourth-order valence-corrected chi connectivity index (χ4v) is 9.24. The van der Waals surface area contributed by atoms with Gasteiger partial charge in [-0.2, -0.15) is 0 Å². The maximum Gasteiger partial charge on any atom is 0.138 e. The van der Waals surface area contributed by atoms with Crippen molar-refractivity contribution in [3.8, 4) is 39.2 Å². The number of rotatable bonds is 8. The first kappa shape index (κ1) is 36.2. The summed E-state index contributed by atoms with van der Waals surface area (Å²) in [6.45, 7) is 2.93. The van der Waals surface area contributed by atoms with Crippen LogP contribution in [0.4, 0.5) is 34.1 Å². The van der Waals surface area contributed by atoms with Gasteiger partial charge in [0.2, 0.25) is 0 Å². The second kappa shape index (κ2) is 15.0. The van der Waals surface area contributed by atoms with Crippen molar-refractivity contribution in [3.63, 3.8) is 0 Å². The molecule has 0 radical (unpaired) electrons. The van der Waals surface area contributed by atoms with Gasteiger partial charge in [-0.3, -0.25) is 4.57 Å². The second-order valence-electron chi connectivity index (χ2n) is 15.8. The molecule has 0 saturated carbocycles. The number of fused-ring (bicyclic) bond motifs is 4. The maximum atomic E-state index is 5.06. The van der Waals surface area contributed by atoms with E-state index in [1.54, 1.807) is 0 Å². The Morgan fingerprint density at radius 1 is 0.475 bits per heavy atom. The van der Waals surface area contributed by atoms with E-state index in [0.717, 1.165) is 74.1 Å². The van der Waals surface area contributed by atoms with Crippen LogP contribution in [-0.4, -0.2) is 23.3 Å². The predicted molar refractivity (Wildman–Crippen MR) is 256 cm³/mol. The molecular weight excluding hydrogens is 743 g/mol. The molecule has 0 spiro atoms. The van der Waals surface area contributed by atoms with Gasteiger partial charge in [0, 0.05) is 52.2 Å². The van der Waals surface area contributed by atoms with Crippen LogP contribution in [0.1, 0.15) is 5.56 Å². The molecule has 10 aromatic rings. The molecule has 8 aromatic carbocycles. The van der Waals surface area contributed by atoms with Gasteiger partial charge in [0.1, 0.15) is 5.82 Å². The van der Waals surface area contributed by atoms with E-state index in [0.29, 0.717) is 0 Å². The highest BCUT2D eigenvalue weighted by molar-refractivity contribution is 6.11. The minimum atomic E-state index is 0.763. The number of pyridine rings is 1. The molecule has 11 rings (SSSR count). The van der Waals surface area contributed by atoms with Gasteiger partial charge in [0.25, 0.3) is 0 Å². The third-order valence-electron chi connectivity index (χ3n) is 12.1. The Morgan fingerprint density at radius 3 is 1.87 bits per heavy atom. The van der Waals surface area contributed by atoms with Gasteiger partial charge in [-0.15, -0.1) is 0 Å². The molecule has 1 aliphatic heterocycles. The number of benzene rings is 8. The van der Waals surface area contributed by atoms with Gasteiger partial charge < -0.3 is 14.7 Å². The highest BCUT2D eigenvalue weighted by atomic mass is 15.4. The summed E-state index contributed by atoms with van der Waals surface area (Å²) in [5, 5.41) is 2.36. The average Bonchev–Trinajstić information content (AvgIpc) is 3.84. The SMILES string of the molecule is Cc1ccccc1-c1ccnc(-n2c3ccccc3c3ccc(N(c4cccc(N5CN(C)c6ccccc65)c4)c4c(-c5ccccc5)cccc4-c4ccccc4)cc32)c1. The smallest absolute Gasteiger partial charge is 0.138 e. The second-order valence-corrected chi connectivity index (χ2v) is 15.8. The van der Waals surface area contributed by atoms with Crippen molar-refractivity contribution in [1.29, 1.82) is 0 Å². The Bertz CT molecular complexity index is 3170. The monoisotopic (exact) mass is 785 g/mol. The minimum Gasteiger partial charge on any atom is -0.355 e. The first-order valence-corrected chi connectivity index (χ1v) is 20.9. The Kier molecular flexibility index (Phi) is 8.93. The van der Waals surface area contributed by atoms with Crippen LogP contribution in [0.2, 0.25) is 0 Å². The molecule has 2 aromatic heterocycles. The van der Waals surface area contributed by atoms with Crippen molar-refractivity contribution in [2.24, 2.45) is 0 Å². The number of hydrogen-bond donors (Lipinski definition) is 0. The highest BCUT2D eigenvalue weighted by Crippen LogP contribution is 2.49. The molecular formula is C56H43N5. The number of aromatic nitrogens is 2. The minimum absolute atomic E-state index is 0.763. The summed E-state index contributed by atoms with van der Waals surface area (Å²) in [6.07, 6.45) is 1.94. The van der Waals surface area contributed by atoms with E-state index in [-0.39, 0.29) is 0 Å². The Hall–Kier alpha value is -7.89. The van der Waals surface area contributed by atoms with Gasteiger partial charge in [0.15, 0.2) is 0 Å². The normalized spacial score (nSPS) is 12.3. The van der Waals surface area contributed by atoms with Crippen LogP contribution in [0.15, 0.2) is 212 Å². The number of anilines is 6. The number of para-hydroxylation sites is 4. The number of hydrogen-bond acceptors (Lipinski definition) is 4. The molecule has 0 N–H and O–H groups in total. The lowest BCUT2D eigenvalue weighted by Gasteiger charge is -2.31. The fourth-order valence-electron chi connectivity index (χ4n) is 9.24. The van der Waals surface area contributed by atoms with E-state index in [2.05, 4.69) is 239 Å². The van der Waals surface area contributed by atoms with E-state index >= 15 is 0 Å². The van der Waals surface area contributed by atoms with Crippen molar-refractivity contribution in [2.75, 3.05) is 28.4 Å². The summed E-state index contributed by atoms with van der Waals surface area (Å²) in [6, 6.07) is 74.5. The quantitative estimate of drug-likeness (QED) is 0.153. The number of aryl methyl sites for hydroxylation is 1. The fraction of sp³-hybridized carbons (Fsp3) is 0.0536. The van der Waals surface area contributed by atoms with Crippen molar-refractivity contribution >= 4 is 55.9 Å². The summed E-state index contributed by atoms with van der Waals surface area (Å²) >= 11 is 0. The van der Waals surface area contributed by atoms with Crippen LogP contribution >= 0.6 is 0 Å². The molecule has 3 heterocycles. The lowest BCUT2D eigenvalue weighted by molar-refractivity contribution is 0.949. The zero-order chi connectivity index (χ0) is 40.9. The molecule has 5 nitrogen and oxygen atoms in total. The molecule has 0 unspecified atom stereocenters. The molecule has 5 heteroatoms. The molecule has 0 amide bonds. The largest absolute Gasteiger partial charge is 0.355 e. The lowest BCUT2D eigenvalue weighted by Crippen LogP contribution is -2.24. The van der Waals surface area contributed by atoms with Crippen molar-refractivity contribution in [1.82, 2.24) is 9.55 Å². The topological polar surface area (TPSA) is 27.5 Å². The number of nitrogens with zero attached hydrogens (tertiary/aromatic N) is 5. The van der Waals surface area contributed by atoms with Gasteiger partial charge >= 0.3 is 0 Å². The van der Waals surface area contributed by atoms with Crippen molar-refractivity contribution < 1.29 is 0 Å². The third-order valence-corrected chi connectivity index (χ3v) is 12.1. The van der Waals surface area contributed by atoms with Crippen LogP contribution < -0.4 is 14.7 Å². The first-order chi connectivity index (χ1) is 30.1. The van der Waals surface area contributed by atoms with Gasteiger partial charge in [-0.1, -0.05) is 146 Å². The highest BCUT2D eigenvalue weighted by Gasteiger charge is 2.27. The molecule has 1 aliphatic rings. The summed E-state index contributed by atoms with van der Waals surface area (Å²) in [5.41, 5.74) is 17.1. The summed E-state index contributed by atoms with van der Waals surface area (Å²) < 4.78 is 2.34. The molecule has 0 aliphatic carbocycles. The zero-order valence-corrected chi connectivity index (χ0v) is 34.2. The van der Waals surface area contributed by atoms with Crippen LogP contribution in [0.5, 0.6) is 0 Å². The molecule has 0 bridgehead atoms. The van der Waals surface area contributed by atoms with E-state index in [1.165, 1.54) is 33.3 Å². The molecule has 292 valence electrons. The van der Waals surface area contributed by atoms with E-state index in [4.69, 9.17) is 4.98 Å². The van der Waals surface area contributed by atoms with Gasteiger partial charge in [-0.25, -0.2) is 4.98 Å². The van der Waals surface area contributed by atoms with Crippen LogP contribution in [-0.2, 0) is 0 Å². The predicted octanol–water partition coefficient (Wildman–Crippen LogP) is 14.5. The molecule has 0 atom stereocenters. The van der Waals surface area contributed by atoms with Crippen molar-refractivity contribution in [2.45, 2.75) is 6.92 Å². The molecule has 0 saturated heterocycles. The third kappa shape index (κ3) is 6.30. The lowest BCUT2D eigenvalue weighted by atomic mass is 9.94. The molecule has 61 heavy (non-hydrogen) atoms. The van der Waals surface area contributed by atoms with Gasteiger partial charge in [-0.05, 0) is 95.4 Å². The standard InChI is InChI=1S/C56H43N5/c1-39-17-9-10-24-46(39)42-33-34-57-55(35-42)61-51-28-12-11-25-49(51)50-32-31-45(37-54(50)61)60(44-23-15-22-43(36-44)59-38-58(2)52-29-13-14-30-53(52)59)56-47(40-18-5-3-6-19-40)26-16-27-48(56)41-20-7-4-8-21-41/h3-37H,38H2,1-2H3. The van der Waals surface area contributed by atoms with E-state index in [9.17, 15) is 0 Å². The van der Waals surface area contributed by atoms with Crippen LogP contribution in [0.3, 0.4) is 0 Å². The summed E-state index contributed by atoms with van der Waals surface area (Å²) in [5.74, 6) is 0.879. The average molecular weight is 786 g/mol. The molecule has 0 fully saturated rings. The van der Waals surface area contributed by atoms with Crippen LogP contribution in [0, 0.1) is 6.92 Å². The van der Waals surface area contributed by atoms with Gasteiger partial charge in [0.05, 0.1) is 34.8 Å². The first-order valence-electron chi connectivity index (χ1n) is 20.9. The Morgan fingerprint density at radius 2 is 1.10 bits per heavy atom.